The number of hydrogen-bond donors (Lipinski definition) is 4. The number of oxime groups is 1. The lowest BCUT2D eigenvalue weighted by molar-refractivity contribution is -0.0678. The molecule has 2 heterocycles. The van der Waals surface area contributed by atoms with Crippen molar-refractivity contribution in [2.45, 2.75) is 25.7 Å². The second kappa shape index (κ2) is 10.5. The lowest BCUT2D eigenvalue weighted by Crippen LogP contribution is -1.93. The SMILES string of the molecule is Cl.O/N=C1/CCc2ncccc21.O=C1CCc2ncccc21.ONO. The normalized spacial score (nSPS) is 15.1. The van der Waals surface area contributed by atoms with Gasteiger partial charge in [-0.2, -0.15) is 0 Å². The van der Waals surface area contributed by atoms with Gasteiger partial charge in [0, 0.05) is 35.6 Å². The highest BCUT2D eigenvalue weighted by atomic mass is 35.5. The molecule has 2 aliphatic rings. The van der Waals surface area contributed by atoms with Crippen LogP contribution in [-0.2, 0) is 12.8 Å². The maximum atomic E-state index is 11.0. The van der Waals surface area contributed by atoms with Crippen molar-refractivity contribution in [1.82, 2.24) is 15.6 Å². The molecule has 134 valence electrons. The van der Waals surface area contributed by atoms with Crippen LogP contribution < -0.4 is 5.64 Å². The highest BCUT2D eigenvalue weighted by Gasteiger charge is 2.19. The Balaban J connectivity index is 0.000000210. The van der Waals surface area contributed by atoms with E-state index in [0.29, 0.717) is 6.42 Å². The van der Waals surface area contributed by atoms with Gasteiger partial charge >= 0.3 is 0 Å². The molecule has 8 nitrogen and oxygen atoms in total. The molecule has 4 N–H and O–H groups in total. The van der Waals surface area contributed by atoms with Gasteiger partial charge in [0.2, 0.25) is 0 Å². The molecule has 0 spiro atoms. The van der Waals surface area contributed by atoms with Gasteiger partial charge in [0.25, 0.3) is 0 Å². The monoisotopic (exact) mass is 366 g/mol. The van der Waals surface area contributed by atoms with Gasteiger partial charge in [-0.1, -0.05) is 10.8 Å². The zero-order valence-electron chi connectivity index (χ0n) is 13.3. The predicted octanol–water partition coefficient (Wildman–Crippen LogP) is 2.19. The van der Waals surface area contributed by atoms with Crippen LogP contribution in [0, 0.1) is 0 Å². The first-order valence-electron chi connectivity index (χ1n) is 7.36. The van der Waals surface area contributed by atoms with Gasteiger partial charge in [0.1, 0.15) is 0 Å². The standard InChI is InChI=1S/C8H8N2O.C8H7NO.ClH.H3NO2/c11-10-8-4-3-7-6(8)2-1-5-9-7;10-8-4-3-7-6(8)2-1-5-9-7;;2-1-3/h1-2,5,11H,3-4H2;1-2,5H,3-4H2;1H;1-3H/b10-8-;;;. The summed E-state index contributed by atoms with van der Waals surface area (Å²) in [6.45, 7) is 0. The Morgan fingerprint density at radius 2 is 1.44 bits per heavy atom. The van der Waals surface area contributed by atoms with Crippen LogP contribution in [0.2, 0.25) is 0 Å². The molecule has 25 heavy (non-hydrogen) atoms. The van der Waals surface area contributed by atoms with Crippen LogP contribution in [0.25, 0.3) is 0 Å². The van der Waals surface area contributed by atoms with Crippen molar-refractivity contribution >= 4 is 23.9 Å². The van der Waals surface area contributed by atoms with Crippen LogP contribution in [0.15, 0.2) is 41.8 Å². The van der Waals surface area contributed by atoms with Crippen molar-refractivity contribution in [2.24, 2.45) is 5.16 Å². The molecule has 0 saturated heterocycles. The van der Waals surface area contributed by atoms with Crippen LogP contribution in [0.3, 0.4) is 0 Å². The Labute approximate surface area is 150 Å². The first-order chi connectivity index (χ1) is 11.7. The molecule has 2 aliphatic carbocycles. The fourth-order valence-electron chi connectivity index (χ4n) is 2.63. The van der Waals surface area contributed by atoms with E-state index in [-0.39, 0.29) is 18.2 Å². The molecule has 0 bridgehead atoms. The molecular weight excluding hydrogens is 348 g/mol. The van der Waals surface area contributed by atoms with Crippen molar-refractivity contribution in [1.29, 1.82) is 0 Å². The average Bonchev–Trinajstić information content (AvgIpc) is 3.20. The molecular formula is C16H19ClN4O4. The van der Waals surface area contributed by atoms with Crippen molar-refractivity contribution in [3.05, 3.63) is 59.2 Å². The Bertz CT molecular complexity index is 740. The largest absolute Gasteiger partial charge is 0.411 e. The van der Waals surface area contributed by atoms with E-state index in [1.54, 1.807) is 12.4 Å². The molecule has 2 aromatic rings. The van der Waals surface area contributed by atoms with E-state index in [0.717, 1.165) is 53.1 Å². The zero-order valence-corrected chi connectivity index (χ0v) is 14.1. The fourth-order valence-corrected chi connectivity index (χ4v) is 2.63. The summed E-state index contributed by atoms with van der Waals surface area (Å²) in [7, 11) is 0. The van der Waals surface area contributed by atoms with Crippen LogP contribution in [0.1, 0.15) is 40.2 Å². The zero-order chi connectivity index (χ0) is 17.4. The van der Waals surface area contributed by atoms with Crippen LogP contribution in [-0.4, -0.2) is 37.1 Å². The Morgan fingerprint density at radius 3 is 2.00 bits per heavy atom. The number of pyridine rings is 2. The summed E-state index contributed by atoms with van der Waals surface area (Å²) in [6.07, 6.45) is 6.68. The number of Topliss-reactive ketones (excluding diaryl/α,β-unsaturated/α-hetero) is 1. The molecule has 0 atom stereocenters. The number of carbonyl (C=O) groups is 1. The first kappa shape index (κ1) is 20.7. The summed E-state index contributed by atoms with van der Waals surface area (Å²) in [5.41, 5.74) is 5.33. The number of fused-ring (bicyclic) bond motifs is 2. The molecule has 9 heteroatoms. The number of aromatic nitrogens is 2. The number of hydrogen-bond acceptors (Lipinski definition) is 8. The van der Waals surface area contributed by atoms with E-state index in [1.807, 2.05) is 24.3 Å². The third-order valence-electron chi connectivity index (χ3n) is 3.70. The molecule has 0 unspecified atom stereocenters. The van der Waals surface area contributed by atoms with Crippen molar-refractivity contribution < 1.29 is 20.4 Å². The van der Waals surface area contributed by atoms with Gasteiger partial charge in [-0.15, -0.1) is 12.4 Å². The average molecular weight is 367 g/mol. The number of carbonyl (C=O) groups excluding carboxylic acids is 1. The Kier molecular flexibility index (Phi) is 8.65. The molecule has 2 aromatic heterocycles. The van der Waals surface area contributed by atoms with Crippen molar-refractivity contribution in [2.75, 3.05) is 0 Å². The second-order valence-corrected chi connectivity index (χ2v) is 5.07. The van der Waals surface area contributed by atoms with E-state index >= 15 is 0 Å². The third kappa shape index (κ3) is 5.30. The first-order valence-corrected chi connectivity index (χ1v) is 7.36. The minimum absolute atomic E-state index is 0. The van der Waals surface area contributed by atoms with E-state index in [4.69, 9.17) is 15.6 Å². The van der Waals surface area contributed by atoms with E-state index in [2.05, 4.69) is 15.1 Å². The van der Waals surface area contributed by atoms with E-state index in [9.17, 15) is 4.79 Å². The van der Waals surface area contributed by atoms with E-state index in [1.165, 1.54) is 0 Å². The van der Waals surface area contributed by atoms with Gasteiger partial charge in [-0.3, -0.25) is 25.2 Å². The summed E-state index contributed by atoms with van der Waals surface area (Å²) in [4.78, 5) is 19.3. The number of nitrogens with one attached hydrogen (secondary N) is 1. The lowest BCUT2D eigenvalue weighted by atomic mass is 10.2. The second-order valence-electron chi connectivity index (χ2n) is 5.07. The lowest BCUT2D eigenvalue weighted by Gasteiger charge is -1.94. The maximum Gasteiger partial charge on any atom is 0.165 e. The number of ketones is 1. The molecule has 0 radical (unpaired) electrons. The topological polar surface area (TPSA) is 128 Å². The molecule has 4 rings (SSSR count). The molecule has 0 aliphatic heterocycles. The van der Waals surface area contributed by atoms with Gasteiger partial charge in [-0.05, 0) is 43.5 Å². The minimum atomic E-state index is 0. The summed E-state index contributed by atoms with van der Waals surface area (Å²) in [5, 5.41) is 25.5. The Hall–Kier alpha value is -2.39. The summed E-state index contributed by atoms with van der Waals surface area (Å²) in [5.74, 6) is 0.239. The molecule has 0 fully saturated rings. The summed E-state index contributed by atoms with van der Waals surface area (Å²) >= 11 is 0. The van der Waals surface area contributed by atoms with Crippen molar-refractivity contribution in [3.8, 4) is 0 Å². The number of halogens is 1. The van der Waals surface area contributed by atoms with E-state index < -0.39 is 0 Å². The van der Waals surface area contributed by atoms with Crippen LogP contribution >= 0.6 is 12.4 Å². The number of rotatable bonds is 0. The van der Waals surface area contributed by atoms with Crippen LogP contribution in [0.4, 0.5) is 0 Å². The molecule has 0 amide bonds. The number of nitrogens with zero attached hydrogens (tertiary/aromatic N) is 3. The highest BCUT2D eigenvalue weighted by molar-refractivity contribution is 6.03. The smallest absolute Gasteiger partial charge is 0.165 e. The maximum absolute atomic E-state index is 11.0. The van der Waals surface area contributed by atoms with Gasteiger partial charge in [0.05, 0.1) is 11.4 Å². The highest BCUT2D eigenvalue weighted by Crippen LogP contribution is 2.19. The Morgan fingerprint density at radius 1 is 0.920 bits per heavy atom. The van der Waals surface area contributed by atoms with Crippen LogP contribution in [0.5, 0.6) is 0 Å². The van der Waals surface area contributed by atoms with Gasteiger partial charge in [-0.25, -0.2) is 0 Å². The van der Waals surface area contributed by atoms with Gasteiger partial charge < -0.3 is 5.21 Å². The fraction of sp³-hybridized carbons (Fsp3) is 0.250. The molecule has 0 aromatic carbocycles. The summed E-state index contributed by atoms with van der Waals surface area (Å²) in [6, 6.07) is 7.44. The minimum Gasteiger partial charge on any atom is -0.411 e. The van der Waals surface area contributed by atoms with Gasteiger partial charge in [0.15, 0.2) is 5.78 Å². The summed E-state index contributed by atoms with van der Waals surface area (Å²) < 4.78 is 0. The van der Waals surface area contributed by atoms with Crippen molar-refractivity contribution in [3.63, 3.8) is 0 Å². The third-order valence-corrected chi connectivity index (χ3v) is 3.70. The number of aryl methyl sites for hydroxylation is 2. The predicted molar refractivity (Wildman–Crippen MR) is 91.7 cm³/mol. The molecule has 0 saturated carbocycles. The quantitative estimate of drug-likeness (QED) is 0.415.